The van der Waals surface area contributed by atoms with Crippen molar-refractivity contribution in [2.75, 3.05) is 0 Å². The predicted octanol–water partition coefficient (Wildman–Crippen LogP) is 2.05. The molecule has 0 aliphatic carbocycles. The van der Waals surface area contributed by atoms with E-state index in [0.717, 1.165) is 0 Å². The third kappa shape index (κ3) is 1.55. The molecule has 1 N–H and O–H groups in total. The lowest BCUT2D eigenvalue weighted by Gasteiger charge is -2.07. The molecule has 4 heteroatoms. The summed E-state index contributed by atoms with van der Waals surface area (Å²) in [4.78, 5) is 11.0. The van der Waals surface area contributed by atoms with Gasteiger partial charge in [-0.25, -0.2) is 4.79 Å². The van der Waals surface area contributed by atoms with E-state index in [4.69, 9.17) is 10.4 Å². The quantitative estimate of drug-likeness (QED) is 0.828. The Labute approximate surface area is 92.0 Å². The lowest BCUT2D eigenvalue weighted by atomic mass is 10.2. The van der Waals surface area contributed by atoms with E-state index in [1.54, 1.807) is 41.1 Å². The zero-order chi connectivity index (χ0) is 11.5. The van der Waals surface area contributed by atoms with Gasteiger partial charge in [0.05, 0.1) is 11.3 Å². The molecule has 2 aromatic rings. The molecule has 78 valence electrons. The van der Waals surface area contributed by atoms with Gasteiger partial charge in [-0.15, -0.1) is 0 Å². The molecule has 0 bridgehead atoms. The summed E-state index contributed by atoms with van der Waals surface area (Å²) in [5.74, 6) is -1.01. The second-order valence-electron chi connectivity index (χ2n) is 3.20. The van der Waals surface area contributed by atoms with Gasteiger partial charge in [0.1, 0.15) is 11.8 Å². The first-order valence-corrected chi connectivity index (χ1v) is 4.64. The number of hydrogen-bond donors (Lipinski definition) is 1. The van der Waals surface area contributed by atoms with Gasteiger partial charge in [0.2, 0.25) is 0 Å². The summed E-state index contributed by atoms with van der Waals surface area (Å²) < 4.78 is 1.56. The van der Waals surface area contributed by atoms with Crippen molar-refractivity contribution in [1.82, 2.24) is 4.57 Å². The smallest absolute Gasteiger partial charge is 0.337 e. The highest BCUT2D eigenvalue weighted by molar-refractivity contribution is 5.92. The van der Waals surface area contributed by atoms with Crippen LogP contribution in [0.25, 0.3) is 5.69 Å². The maximum absolute atomic E-state index is 11.0. The Morgan fingerprint density at radius 3 is 2.69 bits per heavy atom. The van der Waals surface area contributed by atoms with Crippen molar-refractivity contribution in [3.8, 4) is 11.8 Å². The largest absolute Gasteiger partial charge is 0.478 e. The second kappa shape index (κ2) is 3.91. The topological polar surface area (TPSA) is 66.0 Å². The Balaban J connectivity index is 2.66. The lowest BCUT2D eigenvalue weighted by molar-refractivity contribution is 0.0697. The van der Waals surface area contributed by atoms with Crippen LogP contribution in [0.5, 0.6) is 0 Å². The van der Waals surface area contributed by atoms with Gasteiger partial charge in [-0.3, -0.25) is 0 Å². The summed E-state index contributed by atoms with van der Waals surface area (Å²) in [6.45, 7) is 0. The van der Waals surface area contributed by atoms with Crippen LogP contribution in [0, 0.1) is 11.3 Å². The van der Waals surface area contributed by atoms with E-state index in [0.29, 0.717) is 11.4 Å². The molecule has 2 rings (SSSR count). The minimum absolute atomic E-state index is 0.176. The molecule has 0 aliphatic rings. The van der Waals surface area contributed by atoms with Gasteiger partial charge in [0.25, 0.3) is 0 Å². The fourth-order valence-corrected chi connectivity index (χ4v) is 1.55. The number of rotatable bonds is 2. The molecular weight excluding hydrogens is 204 g/mol. The standard InChI is InChI=1S/C12H8N2O2/c13-8-9-4-3-7-14(9)11-6-2-1-5-10(11)12(15)16/h1-7H,(H,15,16). The summed E-state index contributed by atoms with van der Waals surface area (Å²) in [5, 5.41) is 17.9. The zero-order valence-electron chi connectivity index (χ0n) is 8.29. The van der Waals surface area contributed by atoms with Crippen LogP contribution < -0.4 is 0 Å². The fourth-order valence-electron chi connectivity index (χ4n) is 1.55. The fraction of sp³-hybridized carbons (Fsp3) is 0. The SMILES string of the molecule is N#Cc1cccn1-c1ccccc1C(=O)O. The van der Waals surface area contributed by atoms with Crippen LogP contribution in [0.3, 0.4) is 0 Å². The number of carboxylic acids is 1. The summed E-state index contributed by atoms with van der Waals surface area (Å²) in [6, 6.07) is 11.9. The number of aromatic nitrogens is 1. The van der Waals surface area contributed by atoms with Crippen LogP contribution in [0.2, 0.25) is 0 Å². The molecule has 0 aliphatic heterocycles. The van der Waals surface area contributed by atoms with Crippen molar-refractivity contribution < 1.29 is 9.90 Å². The van der Waals surface area contributed by atoms with Gasteiger partial charge in [0.15, 0.2) is 0 Å². The number of aromatic carboxylic acids is 1. The molecule has 4 nitrogen and oxygen atoms in total. The van der Waals surface area contributed by atoms with Crippen molar-refractivity contribution in [1.29, 1.82) is 5.26 Å². The van der Waals surface area contributed by atoms with E-state index in [1.165, 1.54) is 6.07 Å². The van der Waals surface area contributed by atoms with Crippen molar-refractivity contribution in [2.45, 2.75) is 0 Å². The Morgan fingerprint density at radius 2 is 2.00 bits per heavy atom. The highest BCUT2D eigenvalue weighted by Crippen LogP contribution is 2.17. The van der Waals surface area contributed by atoms with Crippen molar-refractivity contribution in [3.63, 3.8) is 0 Å². The molecule has 0 spiro atoms. The first-order valence-electron chi connectivity index (χ1n) is 4.64. The Bertz CT molecular complexity index is 579. The molecule has 0 saturated heterocycles. The van der Waals surface area contributed by atoms with Crippen LogP contribution in [0.4, 0.5) is 0 Å². The first-order chi connectivity index (χ1) is 7.74. The van der Waals surface area contributed by atoms with Gasteiger partial charge < -0.3 is 9.67 Å². The summed E-state index contributed by atoms with van der Waals surface area (Å²) >= 11 is 0. The molecule has 0 saturated carbocycles. The average molecular weight is 212 g/mol. The molecule has 0 fully saturated rings. The third-order valence-corrected chi connectivity index (χ3v) is 2.26. The highest BCUT2D eigenvalue weighted by atomic mass is 16.4. The molecule has 0 unspecified atom stereocenters. The zero-order valence-corrected chi connectivity index (χ0v) is 8.29. The number of benzene rings is 1. The van der Waals surface area contributed by atoms with Gasteiger partial charge in [-0.2, -0.15) is 5.26 Å². The van der Waals surface area contributed by atoms with E-state index in [2.05, 4.69) is 0 Å². The minimum atomic E-state index is -1.01. The normalized spacial score (nSPS) is 9.69. The van der Waals surface area contributed by atoms with E-state index in [-0.39, 0.29) is 5.56 Å². The predicted molar refractivity (Wildman–Crippen MR) is 57.4 cm³/mol. The van der Waals surface area contributed by atoms with Gasteiger partial charge in [-0.05, 0) is 24.3 Å². The van der Waals surface area contributed by atoms with E-state index < -0.39 is 5.97 Å². The number of nitriles is 1. The van der Waals surface area contributed by atoms with Crippen molar-refractivity contribution in [3.05, 3.63) is 53.9 Å². The van der Waals surface area contributed by atoms with Crippen molar-refractivity contribution in [2.24, 2.45) is 0 Å². The van der Waals surface area contributed by atoms with E-state index >= 15 is 0 Å². The molecule has 0 radical (unpaired) electrons. The molecule has 1 heterocycles. The Morgan fingerprint density at radius 1 is 1.25 bits per heavy atom. The number of para-hydroxylation sites is 1. The average Bonchev–Trinajstić information content (AvgIpc) is 2.76. The van der Waals surface area contributed by atoms with Gasteiger partial charge in [0, 0.05) is 6.20 Å². The van der Waals surface area contributed by atoms with Crippen LogP contribution in [-0.2, 0) is 0 Å². The van der Waals surface area contributed by atoms with Crippen molar-refractivity contribution >= 4 is 5.97 Å². The summed E-state index contributed by atoms with van der Waals surface area (Å²) in [7, 11) is 0. The number of carbonyl (C=O) groups is 1. The van der Waals surface area contributed by atoms with Crippen LogP contribution in [0.1, 0.15) is 16.1 Å². The molecule has 0 atom stereocenters. The highest BCUT2D eigenvalue weighted by Gasteiger charge is 2.12. The summed E-state index contributed by atoms with van der Waals surface area (Å²) in [6.07, 6.45) is 1.67. The number of hydrogen-bond acceptors (Lipinski definition) is 2. The van der Waals surface area contributed by atoms with Gasteiger partial charge in [-0.1, -0.05) is 12.1 Å². The molecule has 1 aromatic carbocycles. The van der Waals surface area contributed by atoms with E-state index in [9.17, 15) is 4.79 Å². The van der Waals surface area contributed by atoms with E-state index in [1.807, 2.05) is 6.07 Å². The molecule has 1 aromatic heterocycles. The number of nitrogens with zero attached hydrogens (tertiary/aromatic N) is 2. The van der Waals surface area contributed by atoms with Crippen LogP contribution in [0.15, 0.2) is 42.6 Å². The summed E-state index contributed by atoms with van der Waals surface area (Å²) in [5.41, 5.74) is 1.08. The van der Waals surface area contributed by atoms with Crippen LogP contribution in [-0.4, -0.2) is 15.6 Å². The maximum Gasteiger partial charge on any atom is 0.337 e. The van der Waals surface area contributed by atoms with Crippen LogP contribution >= 0.6 is 0 Å². The maximum atomic E-state index is 11.0. The Hall–Kier alpha value is -2.54. The molecule has 16 heavy (non-hydrogen) atoms. The second-order valence-corrected chi connectivity index (χ2v) is 3.20. The number of carboxylic acid groups (broad SMARTS) is 1. The third-order valence-electron chi connectivity index (χ3n) is 2.26. The van der Waals surface area contributed by atoms with Gasteiger partial charge >= 0.3 is 5.97 Å². The minimum Gasteiger partial charge on any atom is -0.478 e. The molecular formula is C12H8N2O2. The first kappa shape index (κ1) is 9.99. The molecule has 0 amide bonds. The monoisotopic (exact) mass is 212 g/mol. The lowest BCUT2D eigenvalue weighted by Crippen LogP contribution is -2.05. The Kier molecular flexibility index (Phi) is 2.44.